The van der Waals surface area contributed by atoms with Crippen molar-refractivity contribution in [3.05, 3.63) is 57.3 Å². The molecule has 0 amide bonds. The quantitative estimate of drug-likeness (QED) is 0.267. The van der Waals surface area contributed by atoms with E-state index in [1.807, 2.05) is 39.6 Å². The highest BCUT2D eigenvalue weighted by molar-refractivity contribution is 7.46. The van der Waals surface area contributed by atoms with Crippen LogP contribution in [0.15, 0.2) is 35.0 Å². The van der Waals surface area contributed by atoms with Crippen LogP contribution in [0, 0.1) is 0 Å². The zero-order chi connectivity index (χ0) is 23.4. The standard InChI is InChI=1S/C20H22ClN6O4PS/c1-2-3-4-18-22-19(21)17(10-31-32(28,29)30)27(18)9-13-5-7-14(8-6-13)15-11-33-12-16(15)20-23-25-26-24-20/h5-8,11-12H,2-4,9-10H2,1H3,(H2,28,29,30)(H,23,24,25,26). The molecule has 3 aromatic heterocycles. The normalized spacial score (nSPS) is 11.9. The fourth-order valence-electron chi connectivity index (χ4n) is 3.44. The molecule has 13 heteroatoms. The molecule has 0 spiro atoms. The Kier molecular flexibility index (Phi) is 7.38. The van der Waals surface area contributed by atoms with E-state index in [-0.39, 0.29) is 11.8 Å². The van der Waals surface area contributed by atoms with Crippen LogP contribution in [0.4, 0.5) is 0 Å². The van der Waals surface area contributed by atoms with Crippen molar-refractivity contribution in [1.29, 1.82) is 0 Å². The van der Waals surface area contributed by atoms with Crippen molar-refractivity contribution in [2.24, 2.45) is 0 Å². The van der Waals surface area contributed by atoms with Crippen molar-refractivity contribution in [3.8, 4) is 22.5 Å². The number of hydrogen-bond donors (Lipinski definition) is 3. The number of tetrazole rings is 1. The Morgan fingerprint density at radius 1 is 1.21 bits per heavy atom. The third-order valence-corrected chi connectivity index (χ3v) is 6.59. The first kappa shape index (κ1) is 23.7. The third kappa shape index (κ3) is 5.75. The number of aromatic amines is 1. The molecule has 0 saturated carbocycles. The molecule has 3 heterocycles. The van der Waals surface area contributed by atoms with Gasteiger partial charge in [-0.2, -0.15) is 16.6 Å². The number of halogens is 1. The molecule has 4 aromatic rings. The van der Waals surface area contributed by atoms with Crippen molar-refractivity contribution < 1.29 is 18.9 Å². The Morgan fingerprint density at radius 3 is 2.64 bits per heavy atom. The minimum absolute atomic E-state index is 0.189. The fourth-order valence-corrected chi connectivity index (χ4v) is 4.82. The summed E-state index contributed by atoms with van der Waals surface area (Å²) in [5.41, 5.74) is 4.35. The van der Waals surface area contributed by atoms with Gasteiger partial charge in [0.25, 0.3) is 0 Å². The summed E-state index contributed by atoms with van der Waals surface area (Å²) in [7, 11) is -4.64. The molecule has 0 radical (unpaired) electrons. The van der Waals surface area contributed by atoms with Gasteiger partial charge in [0.15, 0.2) is 5.15 Å². The summed E-state index contributed by atoms with van der Waals surface area (Å²) >= 11 is 7.86. The van der Waals surface area contributed by atoms with Gasteiger partial charge >= 0.3 is 7.82 Å². The van der Waals surface area contributed by atoms with Crippen molar-refractivity contribution in [3.63, 3.8) is 0 Å². The number of unbranched alkanes of at least 4 members (excludes halogenated alkanes) is 1. The minimum Gasteiger partial charge on any atom is -0.324 e. The monoisotopic (exact) mass is 508 g/mol. The zero-order valence-electron chi connectivity index (χ0n) is 17.7. The van der Waals surface area contributed by atoms with Crippen LogP contribution in [0.5, 0.6) is 0 Å². The van der Waals surface area contributed by atoms with Gasteiger partial charge in [0.2, 0.25) is 5.82 Å². The van der Waals surface area contributed by atoms with Crippen LogP contribution in [0.2, 0.25) is 5.15 Å². The number of aryl methyl sites for hydroxylation is 1. The molecular weight excluding hydrogens is 487 g/mol. The minimum atomic E-state index is -4.64. The van der Waals surface area contributed by atoms with Crippen LogP contribution < -0.4 is 0 Å². The topological polar surface area (TPSA) is 139 Å². The van der Waals surface area contributed by atoms with E-state index in [0.717, 1.165) is 40.9 Å². The number of benzene rings is 1. The highest BCUT2D eigenvalue weighted by atomic mass is 35.5. The smallest absolute Gasteiger partial charge is 0.324 e. The second kappa shape index (κ2) is 10.3. The molecule has 0 unspecified atom stereocenters. The van der Waals surface area contributed by atoms with E-state index in [0.29, 0.717) is 24.5 Å². The van der Waals surface area contributed by atoms with E-state index in [1.54, 1.807) is 11.3 Å². The van der Waals surface area contributed by atoms with Crippen molar-refractivity contribution in [2.75, 3.05) is 0 Å². The highest BCUT2D eigenvalue weighted by Gasteiger charge is 2.21. The van der Waals surface area contributed by atoms with Gasteiger partial charge in [-0.25, -0.2) is 9.55 Å². The third-order valence-electron chi connectivity index (χ3n) is 5.08. The molecule has 0 saturated heterocycles. The first-order valence-corrected chi connectivity index (χ1v) is 13.0. The van der Waals surface area contributed by atoms with E-state index in [2.05, 4.69) is 32.5 Å². The maximum Gasteiger partial charge on any atom is 0.469 e. The van der Waals surface area contributed by atoms with Crippen LogP contribution in [-0.4, -0.2) is 40.0 Å². The number of hydrogen-bond acceptors (Lipinski definition) is 7. The summed E-state index contributed by atoms with van der Waals surface area (Å²) in [6.45, 7) is 2.20. The molecule has 0 fully saturated rings. The van der Waals surface area contributed by atoms with Crippen LogP contribution in [-0.2, 0) is 28.7 Å². The number of thiophene rings is 1. The second-order valence-corrected chi connectivity index (χ2v) is 9.69. The first-order valence-electron chi connectivity index (χ1n) is 10.2. The van der Waals surface area contributed by atoms with Crippen molar-refractivity contribution >= 4 is 30.8 Å². The number of rotatable bonds is 10. The number of phosphoric acid groups is 1. The van der Waals surface area contributed by atoms with Crippen LogP contribution in [0.3, 0.4) is 0 Å². The Balaban J connectivity index is 1.60. The highest BCUT2D eigenvalue weighted by Crippen LogP contribution is 2.38. The lowest BCUT2D eigenvalue weighted by Crippen LogP contribution is -2.10. The SMILES string of the molecule is CCCCc1nc(Cl)c(COP(=O)(O)O)n1Cc1ccc(-c2cscc2-c2nn[nH]n2)cc1. The van der Waals surface area contributed by atoms with Crippen molar-refractivity contribution in [2.45, 2.75) is 39.3 Å². The van der Waals surface area contributed by atoms with Gasteiger partial charge in [0, 0.05) is 29.5 Å². The van der Waals surface area contributed by atoms with Gasteiger partial charge in [-0.3, -0.25) is 4.52 Å². The summed E-state index contributed by atoms with van der Waals surface area (Å²) in [4.78, 5) is 22.6. The number of imidazole rings is 1. The molecule has 33 heavy (non-hydrogen) atoms. The molecule has 174 valence electrons. The summed E-state index contributed by atoms with van der Waals surface area (Å²) in [6.07, 6.45) is 2.60. The molecule has 0 atom stereocenters. The fraction of sp³-hybridized carbons (Fsp3) is 0.300. The number of H-pyrrole nitrogens is 1. The van der Waals surface area contributed by atoms with Gasteiger partial charge in [-0.05, 0) is 28.1 Å². The molecule has 4 rings (SSSR count). The van der Waals surface area contributed by atoms with Crippen molar-refractivity contribution in [1.82, 2.24) is 30.2 Å². The van der Waals surface area contributed by atoms with Crippen LogP contribution >= 0.6 is 30.8 Å². The maximum absolute atomic E-state index is 11.2. The predicted octanol–water partition coefficient (Wildman–Crippen LogP) is 4.45. The second-order valence-electron chi connectivity index (χ2n) is 7.35. The Bertz CT molecular complexity index is 1250. The summed E-state index contributed by atoms with van der Waals surface area (Å²) < 4.78 is 17.8. The maximum atomic E-state index is 11.2. The number of nitrogens with one attached hydrogen (secondary N) is 1. The average Bonchev–Trinajstić information content (AvgIpc) is 3.52. The predicted molar refractivity (Wildman–Crippen MR) is 125 cm³/mol. The first-order chi connectivity index (χ1) is 15.9. The van der Waals surface area contributed by atoms with Gasteiger partial charge in [-0.1, -0.05) is 49.2 Å². The van der Waals surface area contributed by atoms with Gasteiger partial charge < -0.3 is 14.4 Å². The molecule has 0 aliphatic carbocycles. The summed E-state index contributed by atoms with van der Waals surface area (Å²) in [5, 5.41) is 18.5. The Hall–Kier alpha value is -2.40. The van der Waals surface area contributed by atoms with Crippen LogP contribution in [0.25, 0.3) is 22.5 Å². The van der Waals surface area contributed by atoms with Gasteiger partial charge in [0.1, 0.15) is 12.4 Å². The van der Waals surface area contributed by atoms with Crippen LogP contribution in [0.1, 0.15) is 36.8 Å². The number of phosphoric ester groups is 1. The molecule has 0 aliphatic heterocycles. The molecule has 3 N–H and O–H groups in total. The van der Waals surface area contributed by atoms with E-state index in [9.17, 15) is 4.57 Å². The number of nitrogens with zero attached hydrogens (tertiary/aromatic N) is 5. The molecule has 10 nitrogen and oxygen atoms in total. The Labute approximate surface area is 198 Å². The lowest BCUT2D eigenvalue weighted by atomic mass is 10.0. The lowest BCUT2D eigenvalue weighted by Gasteiger charge is -2.13. The van der Waals surface area contributed by atoms with E-state index < -0.39 is 7.82 Å². The Morgan fingerprint density at radius 2 is 1.97 bits per heavy atom. The average molecular weight is 509 g/mol. The van der Waals surface area contributed by atoms with Gasteiger partial charge in [-0.15, -0.1) is 10.2 Å². The molecule has 0 bridgehead atoms. The van der Waals surface area contributed by atoms with E-state index in [4.69, 9.17) is 25.9 Å². The number of aromatic nitrogens is 6. The largest absolute Gasteiger partial charge is 0.469 e. The zero-order valence-corrected chi connectivity index (χ0v) is 20.1. The molecule has 0 aliphatic rings. The van der Waals surface area contributed by atoms with E-state index >= 15 is 0 Å². The molecular formula is C20H22ClN6O4PS. The molecule has 1 aromatic carbocycles. The lowest BCUT2D eigenvalue weighted by molar-refractivity contribution is 0.185. The summed E-state index contributed by atoms with van der Waals surface area (Å²) in [5.74, 6) is 1.30. The summed E-state index contributed by atoms with van der Waals surface area (Å²) in [6, 6.07) is 8.02. The van der Waals surface area contributed by atoms with E-state index in [1.165, 1.54) is 0 Å². The van der Waals surface area contributed by atoms with Gasteiger partial charge in [0.05, 0.1) is 5.69 Å².